The Morgan fingerprint density at radius 3 is 2.47 bits per heavy atom. The standard InChI is InChI=1S/C14H8F3NO/c15-14(16,17)10-5-3-4-9(8-10)13-18-11-6-1-2-7-12(11)19-13/h1-8H. The predicted octanol–water partition coefficient (Wildman–Crippen LogP) is 4.51. The van der Waals surface area contributed by atoms with Crippen molar-refractivity contribution >= 4 is 11.1 Å². The molecular formula is C14H8F3NO. The van der Waals surface area contributed by atoms with Crippen molar-refractivity contribution in [3.8, 4) is 11.5 Å². The van der Waals surface area contributed by atoms with E-state index >= 15 is 0 Å². The fraction of sp³-hybridized carbons (Fsp3) is 0.0714. The molecule has 0 radical (unpaired) electrons. The molecule has 0 aliphatic carbocycles. The van der Waals surface area contributed by atoms with Crippen molar-refractivity contribution in [3.63, 3.8) is 0 Å². The van der Waals surface area contributed by atoms with E-state index in [1.807, 2.05) is 0 Å². The van der Waals surface area contributed by atoms with Gasteiger partial charge in [0.25, 0.3) is 0 Å². The summed E-state index contributed by atoms with van der Waals surface area (Å²) in [5, 5.41) is 0. The van der Waals surface area contributed by atoms with Crippen molar-refractivity contribution in [2.24, 2.45) is 0 Å². The normalized spacial score (nSPS) is 11.9. The van der Waals surface area contributed by atoms with Gasteiger partial charge in [0.05, 0.1) is 5.56 Å². The molecule has 0 aliphatic rings. The highest BCUT2D eigenvalue weighted by Crippen LogP contribution is 2.32. The first-order valence-electron chi connectivity index (χ1n) is 5.57. The largest absolute Gasteiger partial charge is 0.436 e. The fourth-order valence-electron chi connectivity index (χ4n) is 1.82. The van der Waals surface area contributed by atoms with E-state index in [0.717, 1.165) is 12.1 Å². The van der Waals surface area contributed by atoms with Crippen molar-refractivity contribution in [1.29, 1.82) is 0 Å². The zero-order valence-electron chi connectivity index (χ0n) is 9.61. The second kappa shape index (κ2) is 4.12. The Bertz CT molecular complexity index is 698. The second-order valence-corrected chi connectivity index (χ2v) is 4.07. The molecule has 2 nitrogen and oxygen atoms in total. The minimum Gasteiger partial charge on any atom is -0.436 e. The van der Waals surface area contributed by atoms with Gasteiger partial charge in [-0.05, 0) is 30.3 Å². The highest BCUT2D eigenvalue weighted by Gasteiger charge is 2.30. The Labute approximate surface area is 106 Å². The van der Waals surface area contributed by atoms with Crippen LogP contribution in [0.1, 0.15) is 5.56 Å². The molecule has 1 aromatic heterocycles. The van der Waals surface area contributed by atoms with Crippen LogP contribution in [0.2, 0.25) is 0 Å². The van der Waals surface area contributed by atoms with Crippen LogP contribution in [0.4, 0.5) is 13.2 Å². The molecule has 19 heavy (non-hydrogen) atoms. The lowest BCUT2D eigenvalue weighted by Gasteiger charge is -2.06. The van der Waals surface area contributed by atoms with Crippen LogP contribution in [0.15, 0.2) is 52.9 Å². The van der Waals surface area contributed by atoms with Gasteiger partial charge < -0.3 is 4.42 Å². The molecule has 0 bridgehead atoms. The number of halogens is 3. The minimum absolute atomic E-state index is 0.187. The van der Waals surface area contributed by atoms with Crippen molar-refractivity contribution in [2.75, 3.05) is 0 Å². The van der Waals surface area contributed by atoms with Gasteiger partial charge in [-0.15, -0.1) is 0 Å². The van der Waals surface area contributed by atoms with Gasteiger partial charge in [0, 0.05) is 5.56 Å². The van der Waals surface area contributed by atoms with E-state index in [2.05, 4.69) is 4.98 Å². The lowest BCUT2D eigenvalue weighted by molar-refractivity contribution is -0.137. The molecule has 0 aliphatic heterocycles. The number of alkyl halides is 3. The topological polar surface area (TPSA) is 26.0 Å². The smallest absolute Gasteiger partial charge is 0.416 e. The minimum atomic E-state index is -4.37. The molecule has 0 saturated heterocycles. The van der Waals surface area contributed by atoms with Crippen molar-refractivity contribution < 1.29 is 17.6 Å². The number of hydrogen-bond acceptors (Lipinski definition) is 2. The third-order valence-corrected chi connectivity index (χ3v) is 2.73. The van der Waals surface area contributed by atoms with Crippen LogP contribution >= 0.6 is 0 Å². The number of para-hydroxylation sites is 2. The van der Waals surface area contributed by atoms with Crippen LogP contribution in [0.25, 0.3) is 22.6 Å². The summed E-state index contributed by atoms with van der Waals surface area (Å²) in [7, 11) is 0. The summed E-state index contributed by atoms with van der Waals surface area (Å²) in [6.45, 7) is 0. The number of nitrogens with zero attached hydrogens (tertiary/aromatic N) is 1. The molecule has 5 heteroatoms. The maximum absolute atomic E-state index is 12.6. The van der Waals surface area contributed by atoms with Crippen molar-refractivity contribution in [2.45, 2.75) is 6.18 Å². The molecule has 0 atom stereocenters. The Morgan fingerprint density at radius 2 is 1.74 bits per heavy atom. The molecule has 0 amide bonds. The third kappa shape index (κ3) is 2.19. The molecule has 0 unspecified atom stereocenters. The summed E-state index contributed by atoms with van der Waals surface area (Å²) in [4.78, 5) is 4.17. The maximum atomic E-state index is 12.6. The number of hydrogen-bond donors (Lipinski definition) is 0. The van der Waals surface area contributed by atoms with Crippen molar-refractivity contribution in [3.05, 3.63) is 54.1 Å². The summed E-state index contributed by atoms with van der Waals surface area (Å²) >= 11 is 0. The lowest BCUT2D eigenvalue weighted by Crippen LogP contribution is -2.04. The first-order chi connectivity index (χ1) is 9.04. The molecule has 0 saturated carbocycles. The Balaban J connectivity index is 2.11. The van der Waals surface area contributed by atoms with Crippen molar-refractivity contribution in [1.82, 2.24) is 4.98 Å². The summed E-state index contributed by atoms with van der Waals surface area (Å²) in [5.41, 5.74) is 0.767. The summed E-state index contributed by atoms with van der Waals surface area (Å²) < 4.78 is 43.4. The average molecular weight is 263 g/mol. The molecule has 0 spiro atoms. The van der Waals surface area contributed by atoms with E-state index in [9.17, 15) is 13.2 Å². The quantitative estimate of drug-likeness (QED) is 0.645. The third-order valence-electron chi connectivity index (χ3n) is 2.73. The van der Waals surface area contributed by atoms with Gasteiger partial charge in [0.2, 0.25) is 5.89 Å². The average Bonchev–Trinajstić information content (AvgIpc) is 2.81. The molecule has 96 valence electrons. The van der Waals surface area contributed by atoms with E-state index in [0.29, 0.717) is 16.7 Å². The monoisotopic (exact) mass is 263 g/mol. The van der Waals surface area contributed by atoms with E-state index in [4.69, 9.17) is 4.42 Å². The zero-order chi connectivity index (χ0) is 13.5. The van der Waals surface area contributed by atoms with Gasteiger partial charge in [-0.3, -0.25) is 0 Å². The molecule has 2 aromatic carbocycles. The number of benzene rings is 2. The SMILES string of the molecule is FC(F)(F)c1cccc(-c2nc3ccccc3o2)c1. The number of oxazole rings is 1. The van der Waals surface area contributed by atoms with E-state index < -0.39 is 11.7 Å². The van der Waals surface area contributed by atoms with Crippen LogP contribution < -0.4 is 0 Å². The molecule has 3 aromatic rings. The van der Waals surface area contributed by atoms with Crippen LogP contribution in [0.5, 0.6) is 0 Å². The Kier molecular flexibility index (Phi) is 2.55. The molecule has 0 N–H and O–H groups in total. The fourth-order valence-corrected chi connectivity index (χ4v) is 1.82. The van der Waals surface area contributed by atoms with Gasteiger partial charge in [-0.1, -0.05) is 18.2 Å². The van der Waals surface area contributed by atoms with Crippen LogP contribution in [0.3, 0.4) is 0 Å². The van der Waals surface area contributed by atoms with Gasteiger partial charge in [0.1, 0.15) is 5.52 Å². The van der Waals surface area contributed by atoms with Gasteiger partial charge in [0.15, 0.2) is 5.58 Å². The van der Waals surface area contributed by atoms with Crippen LogP contribution in [-0.2, 0) is 6.18 Å². The van der Waals surface area contributed by atoms with Crippen LogP contribution in [-0.4, -0.2) is 4.98 Å². The lowest BCUT2D eigenvalue weighted by atomic mass is 10.1. The summed E-state index contributed by atoms with van der Waals surface area (Å²) in [6.07, 6.45) is -4.37. The number of fused-ring (bicyclic) bond motifs is 1. The number of rotatable bonds is 1. The predicted molar refractivity (Wildman–Crippen MR) is 64.4 cm³/mol. The summed E-state index contributed by atoms with van der Waals surface area (Å²) in [6, 6.07) is 12.0. The molecule has 3 rings (SSSR count). The Morgan fingerprint density at radius 1 is 0.947 bits per heavy atom. The van der Waals surface area contributed by atoms with Gasteiger partial charge >= 0.3 is 6.18 Å². The molecular weight excluding hydrogens is 255 g/mol. The second-order valence-electron chi connectivity index (χ2n) is 4.07. The number of aromatic nitrogens is 1. The zero-order valence-corrected chi connectivity index (χ0v) is 9.61. The van der Waals surface area contributed by atoms with Gasteiger partial charge in [-0.25, -0.2) is 4.98 Å². The van der Waals surface area contributed by atoms with E-state index in [1.54, 1.807) is 30.3 Å². The highest BCUT2D eigenvalue weighted by molar-refractivity contribution is 5.76. The first-order valence-corrected chi connectivity index (χ1v) is 5.57. The van der Waals surface area contributed by atoms with Crippen LogP contribution in [0, 0.1) is 0 Å². The van der Waals surface area contributed by atoms with Gasteiger partial charge in [-0.2, -0.15) is 13.2 Å². The first kappa shape index (κ1) is 11.8. The van der Waals surface area contributed by atoms with E-state index in [1.165, 1.54) is 6.07 Å². The highest BCUT2D eigenvalue weighted by atomic mass is 19.4. The maximum Gasteiger partial charge on any atom is 0.416 e. The summed E-state index contributed by atoms with van der Waals surface area (Å²) in [5.74, 6) is 0.187. The molecule has 1 heterocycles. The van der Waals surface area contributed by atoms with E-state index in [-0.39, 0.29) is 5.89 Å². The molecule has 0 fully saturated rings. The Hall–Kier alpha value is -2.30.